The van der Waals surface area contributed by atoms with E-state index in [1.165, 1.54) is 46.2 Å². The van der Waals surface area contributed by atoms with Crippen LogP contribution in [0.4, 0.5) is 21.6 Å². The number of nitrogens with one attached hydrogen (secondary N) is 2. The molecule has 0 fully saturated rings. The Balaban J connectivity index is 1.05. The van der Waals surface area contributed by atoms with Crippen LogP contribution >= 0.6 is 46.2 Å². The number of carbonyl (C=O) groups is 2. The van der Waals surface area contributed by atoms with Gasteiger partial charge in [0.15, 0.2) is 8.68 Å². The number of rotatable bonds is 12. The van der Waals surface area contributed by atoms with Crippen molar-refractivity contribution >= 4 is 79.6 Å². The lowest BCUT2D eigenvalue weighted by atomic mass is 10.3. The maximum atomic E-state index is 12.2. The Morgan fingerprint density at radius 3 is 1.24 bits per heavy atom. The Morgan fingerprint density at radius 2 is 0.929 bits per heavy atom. The second-order valence-electron chi connectivity index (χ2n) is 8.21. The molecule has 3 aromatic carbocycles. The van der Waals surface area contributed by atoms with E-state index >= 15 is 0 Å². The summed E-state index contributed by atoms with van der Waals surface area (Å²) in [6.45, 7) is 0. The van der Waals surface area contributed by atoms with Gasteiger partial charge in [-0.1, -0.05) is 46.2 Å². The summed E-state index contributed by atoms with van der Waals surface area (Å²) < 4.78 is 13.1. The Kier molecular flexibility index (Phi) is 9.70. The Labute approximate surface area is 256 Å². The first-order chi connectivity index (χ1) is 20.4. The number of thioether (sulfide) groups is 2. The van der Waals surface area contributed by atoms with E-state index in [9.17, 15) is 9.59 Å². The molecule has 2 heterocycles. The standard InChI is InChI=1S/C26H22N8O4S4/c27-23-31-33-25(41-23)39-13-21(35)29-15-1-5-17(6-2-15)37-19-9-11-20(12-10-19)38-18-7-3-16(4-8-18)30-22(36)14-40-26-34-32-24(28)42-26/h1-12H,13-14H2,(H2,27,31)(H2,28,32)(H,29,35)(H,30,36). The number of nitrogens with two attached hydrogens (primary N) is 2. The summed E-state index contributed by atoms with van der Waals surface area (Å²) in [4.78, 5) is 24.4. The van der Waals surface area contributed by atoms with Crippen molar-refractivity contribution in [3.05, 3.63) is 72.8 Å². The van der Waals surface area contributed by atoms with Crippen molar-refractivity contribution in [2.24, 2.45) is 0 Å². The minimum Gasteiger partial charge on any atom is -0.457 e. The molecule has 5 aromatic rings. The van der Waals surface area contributed by atoms with E-state index in [2.05, 4.69) is 31.0 Å². The highest BCUT2D eigenvalue weighted by Crippen LogP contribution is 2.29. The number of hydrogen-bond acceptors (Lipinski definition) is 14. The van der Waals surface area contributed by atoms with Crippen LogP contribution in [0, 0.1) is 0 Å². The molecule has 12 nitrogen and oxygen atoms in total. The van der Waals surface area contributed by atoms with Crippen molar-refractivity contribution in [1.82, 2.24) is 20.4 Å². The number of anilines is 4. The van der Waals surface area contributed by atoms with E-state index in [-0.39, 0.29) is 23.3 Å². The van der Waals surface area contributed by atoms with Gasteiger partial charge in [-0.2, -0.15) is 0 Å². The summed E-state index contributed by atoms with van der Waals surface area (Å²) in [6.07, 6.45) is 0. The minimum atomic E-state index is -0.164. The number of amides is 2. The fourth-order valence-electron chi connectivity index (χ4n) is 3.27. The van der Waals surface area contributed by atoms with Crippen LogP contribution in [0.1, 0.15) is 0 Å². The van der Waals surface area contributed by atoms with E-state index in [1.807, 2.05) is 0 Å². The van der Waals surface area contributed by atoms with Gasteiger partial charge in [0.05, 0.1) is 11.5 Å². The van der Waals surface area contributed by atoms with E-state index < -0.39 is 0 Å². The topological polar surface area (TPSA) is 180 Å². The summed E-state index contributed by atoms with van der Waals surface area (Å²) in [7, 11) is 0. The van der Waals surface area contributed by atoms with Crippen molar-refractivity contribution < 1.29 is 19.1 Å². The molecule has 0 bridgehead atoms. The average Bonchev–Trinajstić information content (AvgIpc) is 3.61. The lowest BCUT2D eigenvalue weighted by molar-refractivity contribution is -0.114. The van der Waals surface area contributed by atoms with Crippen molar-refractivity contribution in [1.29, 1.82) is 0 Å². The molecule has 0 atom stereocenters. The van der Waals surface area contributed by atoms with Crippen LogP contribution in [-0.4, -0.2) is 43.7 Å². The average molecular weight is 639 g/mol. The van der Waals surface area contributed by atoms with Crippen LogP contribution in [0.15, 0.2) is 81.5 Å². The van der Waals surface area contributed by atoms with Gasteiger partial charge in [0, 0.05) is 11.4 Å². The first-order valence-corrected chi connectivity index (χ1v) is 15.7. The van der Waals surface area contributed by atoms with Crippen molar-refractivity contribution in [2.45, 2.75) is 8.68 Å². The second kappa shape index (κ2) is 14.0. The smallest absolute Gasteiger partial charge is 0.234 e. The molecule has 42 heavy (non-hydrogen) atoms. The predicted octanol–water partition coefficient (Wildman–Crippen LogP) is 5.60. The van der Waals surface area contributed by atoms with Gasteiger partial charge in [-0.15, -0.1) is 20.4 Å². The van der Waals surface area contributed by atoms with E-state index in [1.54, 1.807) is 72.8 Å². The second-order valence-corrected chi connectivity index (χ2v) is 12.7. The van der Waals surface area contributed by atoms with Gasteiger partial charge in [0.25, 0.3) is 0 Å². The molecule has 0 radical (unpaired) electrons. The molecule has 0 unspecified atom stereocenters. The normalized spacial score (nSPS) is 10.7. The van der Waals surface area contributed by atoms with E-state index in [0.29, 0.717) is 53.3 Å². The molecule has 0 saturated carbocycles. The maximum absolute atomic E-state index is 12.2. The molecule has 0 aliphatic heterocycles. The number of carbonyl (C=O) groups excluding carboxylic acids is 2. The zero-order chi connectivity index (χ0) is 29.3. The highest BCUT2D eigenvalue weighted by Gasteiger charge is 2.09. The summed E-state index contributed by atoms with van der Waals surface area (Å²) in [5.41, 5.74) is 12.4. The number of ether oxygens (including phenoxy) is 2. The van der Waals surface area contributed by atoms with Crippen molar-refractivity contribution in [3.8, 4) is 23.0 Å². The highest BCUT2D eigenvalue weighted by molar-refractivity contribution is 8.02. The number of aromatic nitrogens is 4. The maximum Gasteiger partial charge on any atom is 0.234 e. The van der Waals surface area contributed by atoms with E-state index in [0.717, 1.165) is 0 Å². The Bertz CT molecular complexity index is 1520. The van der Waals surface area contributed by atoms with Crippen LogP contribution in [0.5, 0.6) is 23.0 Å². The van der Waals surface area contributed by atoms with Gasteiger partial charge >= 0.3 is 0 Å². The zero-order valence-corrected chi connectivity index (χ0v) is 24.8. The molecular formula is C26H22N8O4S4. The van der Waals surface area contributed by atoms with Crippen LogP contribution < -0.4 is 31.6 Å². The Morgan fingerprint density at radius 1 is 0.595 bits per heavy atom. The number of benzene rings is 3. The van der Waals surface area contributed by atoms with Gasteiger partial charge in [-0.25, -0.2) is 0 Å². The van der Waals surface area contributed by atoms with Crippen LogP contribution in [-0.2, 0) is 9.59 Å². The van der Waals surface area contributed by atoms with Crippen LogP contribution in [0.2, 0.25) is 0 Å². The lowest BCUT2D eigenvalue weighted by Gasteiger charge is -2.10. The van der Waals surface area contributed by atoms with Gasteiger partial charge in [0.2, 0.25) is 22.1 Å². The van der Waals surface area contributed by atoms with Gasteiger partial charge in [-0.3, -0.25) is 9.59 Å². The van der Waals surface area contributed by atoms with Crippen molar-refractivity contribution in [3.63, 3.8) is 0 Å². The summed E-state index contributed by atoms with van der Waals surface area (Å²) in [5.74, 6) is 2.55. The first-order valence-electron chi connectivity index (χ1n) is 12.1. The molecule has 16 heteroatoms. The molecular weight excluding hydrogens is 617 g/mol. The number of nitrogen functional groups attached to an aromatic ring is 2. The summed E-state index contributed by atoms with van der Waals surface area (Å²) >= 11 is 5.03. The van der Waals surface area contributed by atoms with E-state index in [4.69, 9.17) is 20.9 Å². The Hall–Kier alpha value is -4.38. The zero-order valence-electron chi connectivity index (χ0n) is 21.6. The quantitative estimate of drug-likeness (QED) is 0.124. The van der Waals surface area contributed by atoms with Crippen molar-refractivity contribution in [2.75, 3.05) is 33.6 Å². The molecule has 0 spiro atoms. The highest BCUT2D eigenvalue weighted by atomic mass is 32.2. The molecule has 5 rings (SSSR count). The van der Waals surface area contributed by atoms with Gasteiger partial charge in [0.1, 0.15) is 23.0 Å². The minimum absolute atomic E-state index is 0.164. The molecule has 6 N–H and O–H groups in total. The third-order valence-corrected chi connectivity index (χ3v) is 8.84. The fourth-order valence-corrected chi connectivity index (χ4v) is 6.14. The van der Waals surface area contributed by atoms with Crippen LogP contribution in [0.3, 0.4) is 0 Å². The number of hydrogen-bond donors (Lipinski definition) is 4. The molecule has 2 aromatic heterocycles. The fraction of sp³-hybridized carbons (Fsp3) is 0.0769. The molecule has 214 valence electrons. The summed E-state index contributed by atoms with van der Waals surface area (Å²) in [6, 6.07) is 21.3. The third-order valence-electron chi connectivity index (χ3n) is 5.07. The third kappa shape index (κ3) is 8.81. The first kappa shape index (κ1) is 29.1. The molecule has 0 saturated heterocycles. The molecule has 2 amide bonds. The summed E-state index contributed by atoms with van der Waals surface area (Å²) in [5, 5.41) is 21.6. The van der Waals surface area contributed by atoms with Gasteiger partial charge in [-0.05, 0) is 72.8 Å². The van der Waals surface area contributed by atoms with Crippen LogP contribution in [0.25, 0.3) is 0 Å². The molecule has 0 aliphatic carbocycles. The predicted molar refractivity (Wildman–Crippen MR) is 167 cm³/mol. The van der Waals surface area contributed by atoms with Gasteiger partial charge < -0.3 is 31.6 Å². The number of nitrogens with zero attached hydrogens (tertiary/aromatic N) is 4. The lowest BCUT2D eigenvalue weighted by Crippen LogP contribution is -2.13. The SMILES string of the molecule is Nc1nnc(SCC(=O)Nc2ccc(Oc3ccc(Oc4ccc(NC(=O)CSc5nnc(N)s5)cc4)cc3)cc2)s1. The largest absolute Gasteiger partial charge is 0.457 e. The monoisotopic (exact) mass is 638 g/mol. The molecule has 0 aliphatic rings.